The lowest BCUT2D eigenvalue weighted by atomic mass is 10.1. The third kappa shape index (κ3) is 2.07. The van der Waals surface area contributed by atoms with Crippen molar-refractivity contribution < 1.29 is 0 Å². The highest BCUT2D eigenvalue weighted by Gasteiger charge is 2.36. The van der Waals surface area contributed by atoms with Gasteiger partial charge in [0.1, 0.15) is 0 Å². The van der Waals surface area contributed by atoms with E-state index in [0.29, 0.717) is 10.6 Å². The van der Waals surface area contributed by atoms with Crippen LogP contribution in [0, 0.1) is 5.41 Å². The van der Waals surface area contributed by atoms with Crippen LogP contribution in [0.1, 0.15) is 19.8 Å². The van der Waals surface area contributed by atoms with E-state index in [1.54, 1.807) is 0 Å². The Bertz CT molecular complexity index is 564. The minimum atomic E-state index is 0.447. The van der Waals surface area contributed by atoms with Gasteiger partial charge in [0.15, 0.2) is 11.0 Å². The SMILES string of the molecule is CC1(CNc2nnc(Cl)c3ccccc23)CC1. The molecule has 0 amide bonds. The van der Waals surface area contributed by atoms with Crippen LogP contribution in [0.5, 0.6) is 0 Å². The van der Waals surface area contributed by atoms with Crippen LogP contribution in [0.25, 0.3) is 10.8 Å². The summed E-state index contributed by atoms with van der Waals surface area (Å²) in [7, 11) is 0. The van der Waals surface area contributed by atoms with Crippen LogP contribution >= 0.6 is 11.6 Å². The number of fused-ring (bicyclic) bond motifs is 1. The second kappa shape index (κ2) is 3.84. The highest BCUT2D eigenvalue weighted by atomic mass is 35.5. The van der Waals surface area contributed by atoms with Crippen LogP contribution in [0.3, 0.4) is 0 Å². The summed E-state index contributed by atoms with van der Waals surface area (Å²) >= 11 is 6.03. The molecule has 17 heavy (non-hydrogen) atoms. The minimum absolute atomic E-state index is 0.447. The van der Waals surface area contributed by atoms with Gasteiger partial charge in [0.25, 0.3) is 0 Å². The lowest BCUT2D eigenvalue weighted by Gasteiger charge is -2.12. The van der Waals surface area contributed by atoms with Crippen molar-refractivity contribution in [2.45, 2.75) is 19.8 Å². The summed E-state index contributed by atoms with van der Waals surface area (Å²) in [5, 5.41) is 14.0. The first-order valence-corrected chi connectivity index (χ1v) is 6.21. The number of anilines is 1. The maximum Gasteiger partial charge on any atom is 0.159 e. The van der Waals surface area contributed by atoms with E-state index in [1.807, 2.05) is 24.3 Å². The molecule has 0 radical (unpaired) electrons. The molecule has 0 atom stereocenters. The number of aromatic nitrogens is 2. The van der Waals surface area contributed by atoms with Gasteiger partial charge in [0, 0.05) is 17.3 Å². The van der Waals surface area contributed by atoms with Crippen LogP contribution < -0.4 is 5.32 Å². The van der Waals surface area contributed by atoms with E-state index in [4.69, 9.17) is 11.6 Å². The molecule has 0 unspecified atom stereocenters. The van der Waals surface area contributed by atoms with Crippen molar-refractivity contribution in [3.8, 4) is 0 Å². The Morgan fingerprint density at radius 1 is 1.24 bits per heavy atom. The van der Waals surface area contributed by atoms with Crippen molar-refractivity contribution in [3.05, 3.63) is 29.4 Å². The molecule has 1 aliphatic carbocycles. The highest BCUT2D eigenvalue weighted by Crippen LogP contribution is 2.44. The van der Waals surface area contributed by atoms with E-state index >= 15 is 0 Å². The zero-order valence-electron chi connectivity index (χ0n) is 9.70. The molecule has 1 aliphatic rings. The predicted molar refractivity (Wildman–Crippen MR) is 70.4 cm³/mol. The lowest BCUT2D eigenvalue weighted by Crippen LogP contribution is -2.13. The Labute approximate surface area is 105 Å². The molecule has 1 aromatic carbocycles. The maximum absolute atomic E-state index is 6.03. The van der Waals surface area contributed by atoms with E-state index in [-0.39, 0.29) is 0 Å². The molecular formula is C13H14ClN3. The third-order valence-electron chi connectivity index (χ3n) is 3.43. The zero-order valence-corrected chi connectivity index (χ0v) is 10.5. The van der Waals surface area contributed by atoms with Crippen LogP contribution in [0.2, 0.25) is 5.15 Å². The summed E-state index contributed by atoms with van der Waals surface area (Å²) in [6, 6.07) is 7.94. The Morgan fingerprint density at radius 3 is 2.65 bits per heavy atom. The molecule has 4 heteroatoms. The smallest absolute Gasteiger partial charge is 0.159 e. The summed E-state index contributed by atoms with van der Waals surface area (Å²) in [4.78, 5) is 0. The fraction of sp³-hybridized carbons (Fsp3) is 0.385. The predicted octanol–water partition coefficient (Wildman–Crippen LogP) is 3.50. The molecule has 1 aromatic heterocycles. The van der Waals surface area contributed by atoms with Crippen molar-refractivity contribution in [1.29, 1.82) is 0 Å². The van der Waals surface area contributed by atoms with Crippen molar-refractivity contribution in [1.82, 2.24) is 10.2 Å². The van der Waals surface area contributed by atoms with Crippen LogP contribution in [0.15, 0.2) is 24.3 Å². The molecule has 1 saturated carbocycles. The number of nitrogens with one attached hydrogen (secondary N) is 1. The molecule has 88 valence electrons. The molecule has 0 spiro atoms. The minimum Gasteiger partial charge on any atom is -0.368 e. The first kappa shape index (κ1) is 10.8. The van der Waals surface area contributed by atoms with Gasteiger partial charge in [-0.25, -0.2) is 0 Å². The highest BCUT2D eigenvalue weighted by molar-refractivity contribution is 6.34. The summed E-state index contributed by atoms with van der Waals surface area (Å²) in [5.74, 6) is 0.832. The molecular weight excluding hydrogens is 234 g/mol. The molecule has 1 fully saturated rings. The molecule has 0 saturated heterocycles. The molecule has 0 aliphatic heterocycles. The van der Waals surface area contributed by atoms with E-state index in [0.717, 1.165) is 23.1 Å². The Kier molecular flexibility index (Phi) is 2.44. The van der Waals surface area contributed by atoms with E-state index < -0.39 is 0 Å². The Morgan fingerprint density at radius 2 is 1.94 bits per heavy atom. The maximum atomic E-state index is 6.03. The van der Waals surface area contributed by atoms with Gasteiger partial charge >= 0.3 is 0 Å². The van der Waals surface area contributed by atoms with Gasteiger partial charge in [0.05, 0.1) is 0 Å². The van der Waals surface area contributed by atoms with E-state index in [1.165, 1.54) is 12.8 Å². The zero-order chi connectivity index (χ0) is 11.9. The first-order valence-electron chi connectivity index (χ1n) is 5.83. The molecule has 1 heterocycles. The molecule has 3 rings (SSSR count). The average Bonchev–Trinajstić information content (AvgIpc) is 3.08. The number of rotatable bonds is 3. The molecule has 0 bridgehead atoms. The molecule has 1 N–H and O–H groups in total. The van der Waals surface area contributed by atoms with Crippen LogP contribution in [-0.4, -0.2) is 16.7 Å². The van der Waals surface area contributed by atoms with Crippen LogP contribution in [0.4, 0.5) is 5.82 Å². The topological polar surface area (TPSA) is 37.8 Å². The summed E-state index contributed by atoms with van der Waals surface area (Å²) < 4.78 is 0. The number of hydrogen-bond acceptors (Lipinski definition) is 3. The lowest BCUT2D eigenvalue weighted by molar-refractivity contribution is 0.609. The van der Waals surface area contributed by atoms with Crippen molar-refractivity contribution >= 4 is 28.2 Å². The summed E-state index contributed by atoms with van der Waals surface area (Å²) in [5.41, 5.74) is 0.447. The van der Waals surface area contributed by atoms with Gasteiger partial charge in [-0.3, -0.25) is 0 Å². The van der Waals surface area contributed by atoms with Gasteiger partial charge in [-0.15, -0.1) is 10.2 Å². The number of benzene rings is 1. The monoisotopic (exact) mass is 247 g/mol. The second-order valence-electron chi connectivity index (χ2n) is 5.05. The van der Waals surface area contributed by atoms with Gasteiger partial charge in [-0.1, -0.05) is 42.8 Å². The van der Waals surface area contributed by atoms with Crippen LogP contribution in [-0.2, 0) is 0 Å². The third-order valence-corrected chi connectivity index (χ3v) is 3.71. The van der Waals surface area contributed by atoms with Crippen molar-refractivity contribution in [2.24, 2.45) is 5.41 Å². The van der Waals surface area contributed by atoms with Gasteiger partial charge in [-0.05, 0) is 18.3 Å². The average molecular weight is 248 g/mol. The fourth-order valence-electron chi connectivity index (χ4n) is 1.89. The van der Waals surface area contributed by atoms with E-state index in [9.17, 15) is 0 Å². The fourth-order valence-corrected chi connectivity index (χ4v) is 2.09. The standard InChI is InChI=1S/C13H14ClN3/c1-13(6-7-13)8-15-12-10-5-3-2-4-9(10)11(14)16-17-12/h2-5H,6-8H2,1H3,(H,15,17). The normalized spacial score (nSPS) is 17.1. The largest absolute Gasteiger partial charge is 0.368 e. The quantitative estimate of drug-likeness (QED) is 0.902. The molecule has 3 nitrogen and oxygen atoms in total. The Balaban J connectivity index is 1.96. The van der Waals surface area contributed by atoms with Crippen molar-refractivity contribution in [2.75, 3.05) is 11.9 Å². The van der Waals surface area contributed by atoms with Gasteiger partial charge in [0.2, 0.25) is 0 Å². The first-order chi connectivity index (χ1) is 8.18. The second-order valence-corrected chi connectivity index (χ2v) is 5.41. The number of nitrogens with zero attached hydrogens (tertiary/aromatic N) is 2. The van der Waals surface area contributed by atoms with Gasteiger partial charge < -0.3 is 5.32 Å². The van der Waals surface area contributed by atoms with Crippen molar-refractivity contribution in [3.63, 3.8) is 0 Å². The Hall–Kier alpha value is -1.35. The van der Waals surface area contributed by atoms with E-state index in [2.05, 4.69) is 22.4 Å². The summed E-state index contributed by atoms with van der Waals surface area (Å²) in [6.07, 6.45) is 2.58. The molecule has 2 aromatic rings. The number of halogens is 1. The van der Waals surface area contributed by atoms with Gasteiger partial charge in [-0.2, -0.15) is 0 Å². The number of hydrogen-bond donors (Lipinski definition) is 1. The summed E-state index contributed by atoms with van der Waals surface area (Å²) in [6.45, 7) is 3.23.